The lowest BCUT2D eigenvalue weighted by molar-refractivity contribution is -0.123. The van der Waals surface area contributed by atoms with Crippen LogP contribution < -0.4 is 11.1 Å². The van der Waals surface area contributed by atoms with Crippen LogP contribution in [-0.2, 0) is 14.6 Å². The zero-order valence-electron chi connectivity index (χ0n) is 12.2. The van der Waals surface area contributed by atoms with Gasteiger partial charge in [-0.1, -0.05) is 13.8 Å². The molecule has 3 N–H and O–H groups in total. The minimum atomic E-state index is -2.98. The summed E-state index contributed by atoms with van der Waals surface area (Å²) in [5.41, 5.74) is 5.00. The molecule has 0 aromatic heterocycles. The Hall–Kier alpha value is -0.620. The molecular formula is C13H26N2O3S. The van der Waals surface area contributed by atoms with Crippen molar-refractivity contribution in [3.05, 3.63) is 0 Å². The smallest absolute Gasteiger partial charge is 0.220 e. The predicted molar refractivity (Wildman–Crippen MR) is 76.5 cm³/mol. The van der Waals surface area contributed by atoms with Gasteiger partial charge in [0.15, 0.2) is 9.84 Å². The maximum atomic E-state index is 11.9. The maximum Gasteiger partial charge on any atom is 0.220 e. The molecule has 0 saturated carbocycles. The molecule has 0 aliphatic carbocycles. The summed E-state index contributed by atoms with van der Waals surface area (Å²) < 4.78 is 22.9. The Morgan fingerprint density at radius 2 is 2.00 bits per heavy atom. The molecule has 0 bridgehead atoms. The van der Waals surface area contributed by atoms with E-state index in [0.29, 0.717) is 19.4 Å². The molecule has 1 rings (SSSR count). The maximum absolute atomic E-state index is 11.9. The molecule has 1 atom stereocenters. The summed E-state index contributed by atoms with van der Waals surface area (Å²) in [4.78, 5) is 11.9. The van der Waals surface area contributed by atoms with Crippen molar-refractivity contribution in [2.75, 3.05) is 18.1 Å². The molecule has 1 fully saturated rings. The Morgan fingerprint density at radius 1 is 1.37 bits per heavy atom. The zero-order valence-corrected chi connectivity index (χ0v) is 13.0. The molecule has 19 heavy (non-hydrogen) atoms. The van der Waals surface area contributed by atoms with Gasteiger partial charge in [0.25, 0.3) is 0 Å². The van der Waals surface area contributed by atoms with E-state index in [4.69, 9.17) is 5.73 Å². The third-order valence-corrected chi connectivity index (χ3v) is 5.70. The molecule has 5 nitrogen and oxygen atoms in total. The van der Waals surface area contributed by atoms with E-state index in [1.165, 1.54) is 0 Å². The number of sulfone groups is 1. The van der Waals surface area contributed by atoms with Gasteiger partial charge in [-0.3, -0.25) is 4.79 Å². The van der Waals surface area contributed by atoms with Gasteiger partial charge in [-0.05, 0) is 38.1 Å². The number of carbonyl (C=O) groups excluding carboxylic acids is 1. The monoisotopic (exact) mass is 290 g/mol. The standard InChI is InChI=1S/C13H26N2O3S/c1-12(2,6-8-14)5-4-11(16)15-13(3)7-9-19(17,18)10-13/h4-10,14H2,1-3H3,(H,15,16). The summed E-state index contributed by atoms with van der Waals surface area (Å²) in [7, 11) is -2.98. The second-order valence-electron chi connectivity index (χ2n) is 6.65. The van der Waals surface area contributed by atoms with E-state index in [1.54, 1.807) is 6.92 Å². The van der Waals surface area contributed by atoms with Gasteiger partial charge >= 0.3 is 0 Å². The zero-order chi connectivity index (χ0) is 14.7. The van der Waals surface area contributed by atoms with E-state index in [-0.39, 0.29) is 22.8 Å². The van der Waals surface area contributed by atoms with Gasteiger partial charge in [0.05, 0.1) is 17.0 Å². The van der Waals surface area contributed by atoms with Crippen molar-refractivity contribution < 1.29 is 13.2 Å². The summed E-state index contributed by atoms with van der Waals surface area (Å²) in [5, 5.41) is 2.88. The highest BCUT2D eigenvalue weighted by Gasteiger charge is 2.39. The molecule has 6 heteroatoms. The van der Waals surface area contributed by atoms with Crippen molar-refractivity contribution in [2.24, 2.45) is 11.1 Å². The highest BCUT2D eigenvalue weighted by molar-refractivity contribution is 7.91. The summed E-state index contributed by atoms with van der Waals surface area (Å²) >= 11 is 0. The van der Waals surface area contributed by atoms with Crippen molar-refractivity contribution in [3.8, 4) is 0 Å². The van der Waals surface area contributed by atoms with Gasteiger partial charge in [0, 0.05) is 6.42 Å². The highest BCUT2D eigenvalue weighted by Crippen LogP contribution is 2.27. The number of hydrogen-bond acceptors (Lipinski definition) is 4. The Balaban J connectivity index is 2.44. The van der Waals surface area contributed by atoms with E-state index in [0.717, 1.165) is 12.8 Å². The molecule has 112 valence electrons. The first-order valence-corrected chi connectivity index (χ1v) is 8.61. The van der Waals surface area contributed by atoms with E-state index < -0.39 is 15.4 Å². The van der Waals surface area contributed by atoms with Crippen LogP contribution in [0.1, 0.15) is 46.5 Å². The van der Waals surface area contributed by atoms with E-state index in [1.807, 2.05) is 0 Å². The fraction of sp³-hybridized carbons (Fsp3) is 0.923. The number of hydrogen-bond donors (Lipinski definition) is 2. The largest absolute Gasteiger partial charge is 0.350 e. The van der Waals surface area contributed by atoms with Crippen molar-refractivity contribution in [3.63, 3.8) is 0 Å². The second-order valence-corrected chi connectivity index (χ2v) is 8.84. The van der Waals surface area contributed by atoms with Gasteiger partial charge in [-0.25, -0.2) is 8.42 Å². The fourth-order valence-electron chi connectivity index (χ4n) is 2.48. The van der Waals surface area contributed by atoms with E-state index in [2.05, 4.69) is 19.2 Å². The quantitative estimate of drug-likeness (QED) is 0.758. The third kappa shape index (κ3) is 5.48. The molecule has 1 heterocycles. The van der Waals surface area contributed by atoms with Crippen LogP contribution in [0.25, 0.3) is 0 Å². The molecule has 1 saturated heterocycles. The van der Waals surface area contributed by atoms with Crippen LogP contribution in [0.4, 0.5) is 0 Å². The van der Waals surface area contributed by atoms with Crippen LogP contribution in [0.15, 0.2) is 0 Å². The lowest BCUT2D eigenvalue weighted by Gasteiger charge is -2.27. The average Bonchev–Trinajstić information content (AvgIpc) is 2.50. The second kappa shape index (κ2) is 5.79. The normalized spacial score (nSPS) is 26.3. The van der Waals surface area contributed by atoms with Gasteiger partial charge in [-0.15, -0.1) is 0 Å². The van der Waals surface area contributed by atoms with Crippen LogP contribution in [0, 0.1) is 5.41 Å². The molecule has 0 radical (unpaired) electrons. The minimum Gasteiger partial charge on any atom is -0.350 e. The number of amides is 1. The minimum absolute atomic E-state index is 0.0503. The van der Waals surface area contributed by atoms with Crippen molar-refractivity contribution in [1.82, 2.24) is 5.32 Å². The molecule has 1 unspecified atom stereocenters. The van der Waals surface area contributed by atoms with Crippen molar-refractivity contribution in [1.29, 1.82) is 0 Å². The SMILES string of the molecule is CC(C)(CCN)CCC(=O)NC1(C)CCS(=O)(=O)C1. The third-order valence-electron chi connectivity index (χ3n) is 3.79. The van der Waals surface area contributed by atoms with Gasteiger partial charge in [0.1, 0.15) is 0 Å². The molecule has 0 aromatic carbocycles. The van der Waals surface area contributed by atoms with E-state index in [9.17, 15) is 13.2 Å². The molecule has 1 amide bonds. The Labute approximate surface area is 116 Å². The lowest BCUT2D eigenvalue weighted by atomic mass is 9.84. The fourth-order valence-corrected chi connectivity index (χ4v) is 4.57. The molecule has 1 aliphatic rings. The number of carbonyl (C=O) groups is 1. The van der Waals surface area contributed by atoms with Crippen molar-refractivity contribution in [2.45, 2.75) is 52.0 Å². The Bertz CT molecular complexity index is 431. The summed E-state index contributed by atoms with van der Waals surface area (Å²) in [6.45, 7) is 6.61. The lowest BCUT2D eigenvalue weighted by Crippen LogP contribution is -2.47. The van der Waals surface area contributed by atoms with Crippen LogP contribution in [0.5, 0.6) is 0 Å². The van der Waals surface area contributed by atoms with Gasteiger partial charge in [-0.2, -0.15) is 0 Å². The summed E-state index contributed by atoms with van der Waals surface area (Å²) in [6.07, 6.45) is 2.57. The Morgan fingerprint density at radius 3 is 2.47 bits per heavy atom. The topological polar surface area (TPSA) is 89.3 Å². The molecule has 0 aromatic rings. The van der Waals surface area contributed by atoms with Crippen LogP contribution in [0.3, 0.4) is 0 Å². The molecule has 0 spiro atoms. The van der Waals surface area contributed by atoms with Crippen LogP contribution >= 0.6 is 0 Å². The summed E-state index contributed by atoms with van der Waals surface area (Å²) in [5.74, 6) is 0.158. The van der Waals surface area contributed by atoms with Crippen LogP contribution in [-0.4, -0.2) is 37.9 Å². The van der Waals surface area contributed by atoms with Gasteiger partial charge < -0.3 is 11.1 Å². The number of nitrogens with two attached hydrogens (primary N) is 1. The molecular weight excluding hydrogens is 264 g/mol. The Kier molecular flexibility index (Phi) is 5.01. The molecule has 1 aliphatic heterocycles. The van der Waals surface area contributed by atoms with E-state index >= 15 is 0 Å². The summed E-state index contributed by atoms with van der Waals surface area (Å²) in [6, 6.07) is 0. The average molecular weight is 290 g/mol. The first-order chi connectivity index (χ1) is 8.58. The first kappa shape index (κ1) is 16.4. The van der Waals surface area contributed by atoms with Gasteiger partial charge in [0.2, 0.25) is 5.91 Å². The number of rotatable bonds is 6. The predicted octanol–water partition coefficient (Wildman–Crippen LogP) is 0.835. The number of nitrogens with one attached hydrogen (secondary N) is 1. The van der Waals surface area contributed by atoms with Crippen molar-refractivity contribution >= 4 is 15.7 Å². The first-order valence-electron chi connectivity index (χ1n) is 6.79. The van der Waals surface area contributed by atoms with Crippen LogP contribution in [0.2, 0.25) is 0 Å². The highest BCUT2D eigenvalue weighted by atomic mass is 32.2.